The first-order valence-electron chi connectivity index (χ1n) is 8.66. The lowest BCUT2D eigenvalue weighted by Crippen LogP contribution is -2.42. The van der Waals surface area contributed by atoms with E-state index in [1.165, 1.54) is 64.2 Å². The van der Waals surface area contributed by atoms with E-state index in [1.807, 2.05) is 0 Å². The predicted octanol–water partition coefficient (Wildman–Crippen LogP) is 4.41. The van der Waals surface area contributed by atoms with Crippen molar-refractivity contribution in [3.05, 3.63) is 0 Å². The fraction of sp³-hybridized carbons (Fsp3) is 1.00. The number of aliphatic hydroxyl groups is 1. The van der Waals surface area contributed by atoms with E-state index in [0.29, 0.717) is 12.1 Å². The largest absolute Gasteiger partial charge is 0.393 e. The average molecular weight is 269 g/mol. The van der Waals surface area contributed by atoms with Gasteiger partial charge in [-0.15, -0.1) is 0 Å². The highest BCUT2D eigenvalue weighted by molar-refractivity contribution is 4.79. The molecule has 1 aliphatic rings. The van der Waals surface area contributed by atoms with Gasteiger partial charge >= 0.3 is 0 Å². The van der Waals surface area contributed by atoms with Crippen LogP contribution in [0, 0.1) is 0 Å². The Morgan fingerprint density at radius 1 is 1.05 bits per heavy atom. The first-order valence-corrected chi connectivity index (χ1v) is 8.66. The zero-order chi connectivity index (χ0) is 13.9. The predicted molar refractivity (Wildman–Crippen MR) is 83.5 cm³/mol. The minimum Gasteiger partial charge on any atom is -0.393 e. The third-order valence-corrected chi connectivity index (χ3v) is 4.41. The highest BCUT2D eigenvalue weighted by Crippen LogP contribution is 2.18. The molecule has 1 rings (SSSR count). The maximum Gasteiger partial charge on any atom is 0.0555 e. The van der Waals surface area contributed by atoms with Crippen LogP contribution in [0.2, 0.25) is 0 Å². The number of aliphatic hydroxyl groups excluding tert-OH is 1. The summed E-state index contributed by atoms with van der Waals surface area (Å²) in [5, 5.41) is 13.7. The molecular formula is C17H35NO. The molecule has 1 saturated heterocycles. The van der Waals surface area contributed by atoms with Crippen molar-refractivity contribution in [1.29, 1.82) is 0 Å². The molecule has 1 unspecified atom stereocenters. The molecule has 114 valence electrons. The lowest BCUT2D eigenvalue weighted by Gasteiger charge is -2.30. The Morgan fingerprint density at radius 2 is 1.74 bits per heavy atom. The van der Waals surface area contributed by atoms with E-state index < -0.39 is 0 Å². The number of unbranched alkanes of at least 4 members (excludes halogenated alkanes) is 6. The molecule has 0 amide bonds. The Morgan fingerprint density at radius 3 is 2.42 bits per heavy atom. The number of nitrogens with one attached hydrogen (secondary N) is 1. The van der Waals surface area contributed by atoms with Crippen LogP contribution >= 0.6 is 0 Å². The van der Waals surface area contributed by atoms with Crippen LogP contribution in [0.1, 0.15) is 90.9 Å². The van der Waals surface area contributed by atoms with Gasteiger partial charge in [0.1, 0.15) is 0 Å². The summed E-state index contributed by atoms with van der Waals surface area (Å²) in [5.41, 5.74) is 0. The number of piperidine rings is 1. The van der Waals surface area contributed by atoms with Crippen molar-refractivity contribution in [3.63, 3.8) is 0 Å². The smallest absolute Gasteiger partial charge is 0.0555 e. The highest BCUT2D eigenvalue weighted by atomic mass is 16.3. The summed E-state index contributed by atoms with van der Waals surface area (Å²) in [7, 11) is 0. The lowest BCUT2D eigenvalue weighted by atomic mass is 9.94. The molecule has 2 N–H and O–H groups in total. The summed E-state index contributed by atoms with van der Waals surface area (Å²) in [6.07, 6.45) is 15.1. The second kappa shape index (κ2) is 10.7. The van der Waals surface area contributed by atoms with Gasteiger partial charge in [-0.2, -0.15) is 0 Å². The Kier molecular flexibility index (Phi) is 9.54. The van der Waals surface area contributed by atoms with Gasteiger partial charge in [0.2, 0.25) is 0 Å². The second-order valence-electron chi connectivity index (χ2n) is 6.50. The molecule has 0 bridgehead atoms. The van der Waals surface area contributed by atoms with Gasteiger partial charge in [0.05, 0.1) is 6.10 Å². The van der Waals surface area contributed by atoms with Gasteiger partial charge in [0, 0.05) is 12.1 Å². The van der Waals surface area contributed by atoms with Crippen LogP contribution in [0.15, 0.2) is 0 Å². The third-order valence-electron chi connectivity index (χ3n) is 4.41. The molecule has 0 radical (unpaired) electrons. The monoisotopic (exact) mass is 269 g/mol. The summed E-state index contributed by atoms with van der Waals surface area (Å²) in [6, 6.07) is 1.20. The third kappa shape index (κ3) is 8.65. The fourth-order valence-corrected chi connectivity index (χ4v) is 3.21. The van der Waals surface area contributed by atoms with Crippen molar-refractivity contribution in [2.24, 2.45) is 0 Å². The van der Waals surface area contributed by atoms with Crippen molar-refractivity contribution >= 4 is 0 Å². The number of hydrogen-bond donors (Lipinski definition) is 2. The maximum atomic E-state index is 10.1. The van der Waals surface area contributed by atoms with Crippen molar-refractivity contribution in [2.45, 2.75) is 109 Å². The molecule has 19 heavy (non-hydrogen) atoms. The molecule has 1 aliphatic heterocycles. The molecule has 2 heteroatoms. The first-order chi connectivity index (χ1) is 9.22. The molecule has 0 aromatic rings. The zero-order valence-corrected chi connectivity index (χ0v) is 13.2. The highest BCUT2D eigenvalue weighted by Gasteiger charge is 2.20. The van der Waals surface area contributed by atoms with Crippen molar-refractivity contribution in [3.8, 4) is 0 Å². The molecule has 0 aromatic carbocycles. The first kappa shape index (κ1) is 17.0. The molecule has 3 atom stereocenters. The van der Waals surface area contributed by atoms with Gasteiger partial charge in [-0.3, -0.25) is 0 Å². The molecule has 1 fully saturated rings. The van der Waals surface area contributed by atoms with E-state index in [1.54, 1.807) is 0 Å². The van der Waals surface area contributed by atoms with E-state index in [0.717, 1.165) is 12.8 Å². The fourth-order valence-electron chi connectivity index (χ4n) is 3.21. The SMILES string of the molecule is CCCCCCCCCC(O)C[C@H]1CCC[C@H](C)N1. The standard InChI is InChI=1S/C17H35NO/c1-3-4-5-6-7-8-9-13-17(19)14-16-12-10-11-15(2)18-16/h15-19H,3-14H2,1-2H3/t15-,16+,17?/m0/s1. The lowest BCUT2D eigenvalue weighted by molar-refractivity contribution is 0.126. The molecule has 0 aliphatic carbocycles. The summed E-state index contributed by atoms with van der Waals surface area (Å²) in [4.78, 5) is 0. The Hall–Kier alpha value is -0.0800. The summed E-state index contributed by atoms with van der Waals surface area (Å²) in [6.45, 7) is 4.52. The normalized spacial score (nSPS) is 25.4. The van der Waals surface area contributed by atoms with Gasteiger partial charge in [-0.1, -0.05) is 58.3 Å². The summed E-state index contributed by atoms with van der Waals surface area (Å²) in [5.74, 6) is 0. The molecule has 0 aromatic heterocycles. The maximum absolute atomic E-state index is 10.1. The Bertz CT molecular complexity index is 207. The van der Waals surface area contributed by atoms with Crippen LogP contribution in [0.3, 0.4) is 0 Å². The van der Waals surface area contributed by atoms with Gasteiger partial charge in [0.15, 0.2) is 0 Å². The quantitative estimate of drug-likeness (QED) is 0.576. The van der Waals surface area contributed by atoms with Crippen molar-refractivity contribution in [2.75, 3.05) is 0 Å². The topological polar surface area (TPSA) is 32.3 Å². The van der Waals surface area contributed by atoms with E-state index >= 15 is 0 Å². The van der Waals surface area contributed by atoms with Gasteiger partial charge < -0.3 is 10.4 Å². The molecule has 2 nitrogen and oxygen atoms in total. The van der Waals surface area contributed by atoms with Gasteiger partial charge in [0.25, 0.3) is 0 Å². The zero-order valence-electron chi connectivity index (χ0n) is 13.2. The van der Waals surface area contributed by atoms with Crippen molar-refractivity contribution < 1.29 is 5.11 Å². The van der Waals surface area contributed by atoms with Crippen LogP contribution in [-0.2, 0) is 0 Å². The summed E-state index contributed by atoms with van der Waals surface area (Å²) < 4.78 is 0. The Labute approximate surface area is 120 Å². The second-order valence-corrected chi connectivity index (χ2v) is 6.50. The molecule has 1 heterocycles. The van der Waals surface area contributed by atoms with Gasteiger partial charge in [-0.25, -0.2) is 0 Å². The van der Waals surface area contributed by atoms with Crippen molar-refractivity contribution in [1.82, 2.24) is 5.32 Å². The molecule has 0 saturated carbocycles. The number of hydrogen-bond acceptors (Lipinski definition) is 2. The summed E-state index contributed by atoms with van der Waals surface area (Å²) >= 11 is 0. The van der Waals surface area contributed by atoms with Crippen LogP contribution in [0.5, 0.6) is 0 Å². The van der Waals surface area contributed by atoms with E-state index in [2.05, 4.69) is 19.2 Å². The molecular weight excluding hydrogens is 234 g/mol. The van der Waals surface area contributed by atoms with Gasteiger partial charge in [-0.05, 0) is 32.6 Å². The van der Waals surface area contributed by atoms with E-state index in [9.17, 15) is 5.11 Å². The average Bonchev–Trinajstić information content (AvgIpc) is 2.37. The van der Waals surface area contributed by atoms with Crippen LogP contribution in [0.25, 0.3) is 0 Å². The van der Waals surface area contributed by atoms with Crippen LogP contribution in [-0.4, -0.2) is 23.3 Å². The van der Waals surface area contributed by atoms with Crippen LogP contribution < -0.4 is 5.32 Å². The molecule has 0 spiro atoms. The Balaban J connectivity index is 1.94. The van der Waals surface area contributed by atoms with Crippen LogP contribution in [0.4, 0.5) is 0 Å². The van der Waals surface area contributed by atoms with E-state index in [4.69, 9.17) is 0 Å². The van der Waals surface area contributed by atoms with E-state index in [-0.39, 0.29) is 6.10 Å². The number of rotatable bonds is 10. The minimum atomic E-state index is -0.0848. The minimum absolute atomic E-state index is 0.0848.